The first kappa shape index (κ1) is 20.7. The van der Waals surface area contributed by atoms with Gasteiger partial charge in [0.1, 0.15) is 11.5 Å². The number of ether oxygens (including phenoxy) is 2. The van der Waals surface area contributed by atoms with E-state index in [0.29, 0.717) is 36.7 Å². The number of nitrogens with zero attached hydrogens (tertiary/aromatic N) is 1. The molecule has 0 aliphatic carbocycles. The summed E-state index contributed by atoms with van der Waals surface area (Å²) in [6.07, 6.45) is 1.60. The highest BCUT2D eigenvalue weighted by molar-refractivity contribution is 5.95. The first-order valence-corrected chi connectivity index (χ1v) is 9.86. The molecule has 1 aliphatic rings. The van der Waals surface area contributed by atoms with Crippen molar-refractivity contribution in [2.75, 3.05) is 27.3 Å². The van der Waals surface area contributed by atoms with Crippen molar-refractivity contribution in [2.45, 2.75) is 26.3 Å². The molecule has 6 nitrogen and oxygen atoms in total. The number of amides is 2. The standard InChI is InChI=1S/C23H28N2O4/c1-16-6-4-7-17(12-16)23(27)25-11-5-8-19(15-25)22(26)24-14-18-9-10-20(28-2)13-21(18)29-3/h4,6-7,9-10,12-13,19H,5,8,11,14-15H2,1-3H3,(H,24,26). The number of aryl methyl sites for hydroxylation is 1. The van der Waals surface area contributed by atoms with Gasteiger partial charge in [-0.1, -0.05) is 17.7 Å². The van der Waals surface area contributed by atoms with Crippen LogP contribution in [0, 0.1) is 12.8 Å². The Morgan fingerprint density at radius 2 is 1.97 bits per heavy atom. The van der Waals surface area contributed by atoms with Gasteiger partial charge in [-0.25, -0.2) is 0 Å². The molecule has 2 amide bonds. The molecule has 0 saturated carbocycles. The molecular weight excluding hydrogens is 368 g/mol. The first-order valence-electron chi connectivity index (χ1n) is 9.86. The monoisotopic (exact) mass is 396 g/mol. The fourth-order valence-electron chi connectivity index (χ4n) is 3.66. The Morgan fingerprint density at radius 3 is 2.69 bits per heavy atom. The number of piperidine rings is 1. The molecule has 1 unspecified atom stereocenters. The van der Waals surface area contributed by atoms with Gasteiger partial charge >= 0.3 is 0 Å². The minimum Gasteiger partial charge on any atom is -0.497 e. The van der Waals surface area contributed by atoms with Crippen molar-refractivity contribution in [3.63, 3.8) is 0 Å². The van der Waals surface area contributed by atoms with E-state index in [4.69, 9.17) is 9.47 Å². The minimum absolute atomic E-state index is 0.0111. The second kappa shape index (κ2) is 9.45. The largest absolute Gasteiger partial charge is 0.497 e. The van der Waals surface area contributed by atoms with Gasteiger partial charge in [-0.15, -0.1) is 0 Å². The topological polar surface area (TPSA) is 67.9 Å². The van der Waals surface area contributed by atoms with Crippen molar-refractivity contribution in [2.24, 2.45) is 5.92 Å². The van der Waals surface area contributed by atoms with E-state index < -0.39 is 0 Å². The van der Waals surface area contributed by atoms with E-state index in [-0.39, 0.29) is 17.7 Å². The second-order valence-electron chi connectivity index (χ2n) is 7.36. The molecule has 0 spiro atoms. The quantitative estimate of drug-likeness (QED) is 0.814. The van der Waals surface area contributed by atoms with Gasteiger partial charge in [0.2, 0.25) is 5.91 Å². The molecule has 6 heteroatoms. The number of likely N-dealkylation sites (tertiary alicyclic amines) is 1. The molecule has 1 heterocycles. The first-order chi connectivity index (χ1) is 14.0. The Balaban J connectivity index is 1.60. The molecule has 1 atom stereocenters. The van der Waals surface area contributed by atoms with Gasteiger partial charge in [-0.05, 0) is 44.0 Å². The number of hydrogen-bond acceptors (Lipinski definition) is 4. The summed E-state index contributed by atoms with van der Waals surface area (Å²) in [5.74, 6) is 1.12. The minimum atomic E-state index is -0.207. The number of rotatable bonds is 6. The fourth-order valence-corrected chi connectivity index (χ4v) is 3.66. The molecule has 2 aromatic rings. The fraction of sp³-hybridized carbons (Fsp3) is 0.391. The molecule has 2 aromatic carbocycles. The third kappa shape index (κ3) is 5.08. The van der Waals surface area contributed by atoms with E-state index in [0.717, 1.165) is 24.0 Å². The van der Waals surface area contributed by atoms with Gasteiger partial charge in [0.15, 0.2) is 0 Å². The van der Waals surface area contributed by atoms with Crippen LogP contribution in [0.2, 0.25) is 0 Å². The van der Waals surface area contributed by atoms with Crippen LogP contribution in [-0.2, 0) is 11.3 Å². The smallest absolute Gasteiger partial charge is 0.253 e. The van der Waals surface area contributed by atoms with Crippen LogP contribution in [0.4, 0.5) is 0 Å². The van der Waals surface area contributed by atoms with Crippen molar-refractivity contribution in [3.8, 4) is 11.5 Å². The highest BCUT2D eigenvalue weighted by Crippen LogP contribution is 2.25. The zero-order chi connectivity index (χ0) is 20.8. The molecule has 1 N–H and O–H groups in total. The van der Waals surface area contributed by atoms with Gasteiger partial charge in [-0.2, -0.15) is 0 Å². The molecule has 1 aliphatic heterocycles. The van der Waals surface area contributed by atoms with Gasteiger partial charge in [0.05, 0.1) is 20.1 Å². The van der Waals surface area contributed by atoms with Gasteiger partial charge < -0.3 is 19.7 Å². The average molecular weight is 396 g/mol. The summed E-state index contributed by atoms with van der Waals surface area (Å²) in [5, 5.41) is 2.99. The maximum atomic E-state index is 12.8. The average Bonchev–Trinajstić information content (AvgIpc) is 2.76. The summed E-state index contributed by atoms with van der Waals surface area (Å²) in [7, 11) is 3.19. The molecule has 0 bridgehead atoms. The van der Waals surface area contributed by atoms with Gasteiger partial charge in [0, 0.05) is 36.8 Å². The lowest BCUT2D eigenvalue weighted by Gasteiger charge is -2.32. The third-order valence-corrected chi connectivity index (χ3v) is 5.29. The van der Waals surface area contributed by atoms with Crippen LogP contribution in [-0.4, -0.2) is 44.0 Å². The van der Waals surface area contributed by atoms with Crippen LogP contribution in [0.3, 0.4) is 0 Å². The van der Waals surface area contributed by atoms with E-state index in [1.165, 1.54) is 0 Å². The maximum absolute atomic E-state index is 12.8. The second-order valence-corrected chi connectivity index (χ2v) is 7.36. The Kier molecular flexibility index (Phi) is 6.75. The van der Waals surface area contributed by atoms with E-state index in [1.807, 2.05) is 43.3 Å². The number of carbonyl (C=O) groups is 2. The summed E-state index contributed by atoms with van der Waals surface area (Å²) in [4.78, 5) is 27.3. The third-order valence-electron chi connectivity index (χ3n) is 5.29. The molecule has 1 fully saturated rings. The maximum Gasteiger partial charge on any atom is 0.253 e. The predicted molar refractivity (Wildman–Crippen MR) is 111 cm³/mol. The van der Waals surface area contributed by atoms with Crippen molar-refractivity contribution in [3.05, 3.63) is 59.2 Å². The van der Waals surface area contributed by atoms with Gasteiger partial charge in [0.25, 0.3) is 5.91 Å². The van der Waals surface area contributed by atoms with Crippen LogP contribution in [0.15, 0.2) is 42.5 Å². The van der Waals surface area contributed by atoms with Crippen LogP contribution >= 0.6 is 0 Å². The lowest BCUT2D eigenvalue weighted by molar-refractivity contribution is -0.126. The normalized spacial score (nSPS) is 16.2. The lowest BCUT2D eigenvalue weighted by atomic mass is 9.96. The van der Waals surface area contributed by atoms with E-state index in [9.17, 15) is 9.59 Å². The summed E-state index contributed by atoms with van der Waals surface area (Å²) in [5.41, 5.74) is 2.61. The van der Waals surface area contributed by atoms with E-state index >= 15 is 0 Å². The Bertz CT molecular complexity index is 881. The highest BCUT2D eigenvalue weighted by atomic mass is 16.5. The number of benzene rings is 2. The summed E-state index contributed by atoms with van der Waals surface area (Å²) in [6.45, 7) is 3.46. The summed E-state index contributed by atoms with van der Waals surface area (Å²) >= 11 is 0. The number of hydrogen-bond donors (Lipinski definition) is 1. The van der Waals surface area contributed by atoms with Crippen LogP contribution < -0.4 is 14.8 Å². The molecular formula is C23H28N2O4. The lowest BCUT2D eigenvalue weighted by Crippen LogP contribution is -2.45. The van der Waals surface area contributed by atoms with Crippen molar-refractivity contribution < 1.29 is 19.1 Å². The molecule has 154 valence electrons. The van der Waals surface area contributed by atoms with Crippen molar-refractivity contribution in [1.82, 2.24) is 10.2 Å². The Hall–Kier alpha value is -3.02. The SMILES string of the molecule is COc1ccc(CNC(=O)C2CCCN(C(=O)c3cccc(C)c3)C2)c(OC)c1. The number of methoxy groups -OCH3 is 2. The Morgan fingerprint density at radius 1 is 1.14 bits per heavy atom. The predicted octanol–water partition coefficient (Wildman–Crippen LogP) is 3.18. The zero-order valence-corrected chi connectivity index (χ0v) is 17.2. The highest BCUT2D eigenvalue weighted by Gasteiger charge is 2.29. The zero-order valence-electron chi connectivity index (χ0n) is 17.2. The van der Waals surface area contributed by atoms with Crippen LogP contribution in [0.25, 0.3) is 0 Å². The number of carbonyl (C=O) groups excluding carboxylic acids is 2. The van der Waals surface area contributed by atoms with Gasteiger partial charge in [-0.3, -0.25) is 9.59 Å². The molecule has 0 aromatic heterocycles. The molecule has 3 rings (SSSR count). The molecule has 29 heavy (non-hydrogen) atoms. The molecule has 0 radical (unpaired) electrons. The van der Waals surface area contributed by atoms with Crippen LogP contribution in [0.5, 0.6) is 11.5 Å². The van der Waals surface area contributed by atoms with Crippen molar-refractivity contribution >= 4 is 11.8 Å². The number of nitrogens with one attached hydrogen (secondary N) is 1. The molecule has 1 saturated heterocycles. The summed E-state index contributed by atoms with van der Waals surface area (Å²) < 4.78 is 10.6. The van der Waals surface area contributed by atoms with E-state index in [1.54, 1.807) is 25.2 Å². The Labute approximate surface area is 171 Å². The van der Waals surface area contributed by atoms with Crippen molar-refractivity contribution in [1.29, 1.82) is 0 Å². The van der Waals surface area contributed by atoms with E-state index in [2.05, 4.69) is 5.32 Å². The summed E-state index contributed by atoms with van der Waals surface area (Å²) in [6, 6.07) is 13.1. The van der Waals surface area contributed by atoms with Crippen LogP contribution in [0.1, 0.15) is 34.3 Å².